The number of thioether (sulfide) groups is 1. The Morgan fingerprint density at radius 1 is 1.26 bits per heavy atom. The van der Waals surface area contributed by atoms with Crippen LogP contribution >= 0.6 is 23.1 Å². The molecular weight excluding hydrogens is 428 g/mol. The number of thiophene rings is 1. The van der Waals surface area contributed by atoms with E-state index in [1.165, 1.54) is 4.88 Å². The Morgan fingerprint density at radius 3 is 2.52 bits per heavy atom. The lowest BCUT2D eigenvalue weighted by Crippen LogP contribution is -2.43. The van der Waals surface area contributed by atoms with Gasteiger partial charge in [-0.1, -0.05) is 33.8 Å². The Labute approximate surface area is 193 Å². The highest BCUT2D eigenvalue weighted by Crippen LogP contribution is 2.49. The molecule has 0 radical (unpaired) electrons. The van der Waals surface area contributed by atoms with Crippen molar-refractivity contribution in [1.82, 2.24) is 15.1 Å². The number of nitrogens with one attached hydrogen (secondary N) is 1. The van der Waals surface area contributed by atoms with E-state index in [2.05, 4.69) is 58.3 Å². The fourth-order valence-electron chi connectivity index (χ4n) is 3.67. The second-order valence-electron chi connectivity index (χ2n) is 9.95. The summed E-state index contributed by atoms with van der Waals surface area (Å²) in [5.41, 5.74) is 1.49. The highest BCUT2D eigenvalue weighted by molar-refractivity contribution is 8.00. The third-order valence-corrected chi connectivity index (χ3v) is 7.43. The topological polar surface area (TPSA) is 67.2 Å². The first-order valence-corrected chi connectivity index (χ1v) is 12.7. The van der Waals surface area contributed by atoms with Crippen molar-refractivity contribution in [3.8, 4) is 0 Å². The summed E-state index contributed by atoms with van der Waals surface area (Å²) in [7, 11) is 0. The van der Waals surface area contributed by atoms with E-state index in [4.69, 9.17) is 5.10 Å². The second kappa shape index (κ2) is 8.98. The summed E-state index contributed by atoms with van der Waals surface area (Å²) in [6.07, 6.45) is 0.856. The average molecular weight is 463 g/mol. The van der Waals surface area contributed by atoms with Crippen LogP contribution in [0.1, 0.15) is 76.3 Å². The molecule has 1 N–H and O–H groups in total. The van der Waals surface area contributed by atoms with Gasteiger partial charge in [-0.15, -0.1) is 23.1 Å². The zero-order valence-electron chi connectivity index (χ0n) is 19.6. The van der Waals surface area contributed by atoms with Crippen molar-refractivity contribution in [1.29, 1.82) is 0 Å². The minimum Gasteiger partial charge on any atom is -0.355 e. The van der Waals surface area contributed by atoms with Crippen LogP contribution in [0, 0.1) is 0 Å². The van der Waals surface area contributed by atoms with Gasteiger partial charge in [0.15, 0.2) is 0 Å². The number of aromatic nitrogens is 2. The molecule has 31 heavy (non-hydrogen) atoms. The summed E-state index contributed by atoms with van der Waals surface area (Å²) in [4.78, 5) is 28.9. The number of amides is 2. The number of fused-ring (bicyclic) bond motifs is 1. The quantitative estimate of drug-likeness (QED) is 0.700. The van der Waals surface area contributed by atoms with Crippen LogP contribution in [-0.4, -0.2) is 40.4 Å². The van der Waals surface area contributed by atoms with E-state index in [1.807, 2.05) is 17.7 Å². The monoisotopic (exact) mass is 462 g/mol. The molecule has 3 rings (SSSR count). The van der Waals surface area contributed by atoms with Crippen LogP contribution in [0.15, 0.2) is 17.5 Å². The van der Waals surface area contributed by atoms with E-state index in [-0.39, 0.29) is 34.6 Å². The van der Waals surface area contributed by atoms with Crippen LogP contribution in [0.2, 0.25) is 0 Å². The van der Waals surface area contributed by atoms with Gasteiger partial charge in [-0.2, -0.15) is 5.10 Å². The van der Waals surface area contributed by atoms with Crippen molar-refractivity contribution < 1.29 is 9.59 Å². The fourth-order valence-corrected chi connectivity index (χ4v) is 5.85. The minimum absolute atomic E-state index is 0.00739. The molecule has 0 spiro atoms. The first kappa shape index (κ1) is 23.9. The highest BCUT2D eigenvalue weighted by atomic mass is 32.2. The summed E-state index contributed by atoms with van der Waals surface area (Å²) >= 11 is 3.33. The van der Waals surface area contributed by atoms with E-state index in [0.717, 1.165) is 23.5 Å². The Hall–Kier alpha value is -1.80. The molecule has 0 saturated carbocycles. The molecule has 1 unspecified atom stereocenters. The SMILES string of the molecule is CCCNC(=O)CN1C(=O)CSC(c2cccs2)c2c(C(C)(C)C)nn(C(C)(C)C)c21. The van der Waals surface area contributed by atoms with E-state index < -0.39 is 0 Å². The molecule has 1 aliphatic rings. The maximum Gasteiger partial charge on any atom is 0.240 e. The Bertz CT molecular complexity index is 936. The molecule has 0 fully saturated rings. The van der Waals surface area contributed by atoms with Gasteiger partial charge in [-0.3, -0.25) is 14.5 Å². The van der Waals surface area contributed by atoms with Gasteiger partial charge in [0, 0.05) is 22.4 Å². The number of carbonyl (C=O) groups is 2. The average Bonchev–Trinajstić information content (AvgIpc) is 3.30. The Kier molecular flexibility index (Phi) is 6.91. The lowest BCUT2D eigenvalue weighted by molar-refractivity contribution is -0.122. The van der Waals surface area contributed by atoms with Crippen LogP contribution in [0.4, 0.5) is 5.82 Å². The maximum absolute atomic E-state index is 13.3. The lowest BCUT2D eigenvalue weighted by Gasteiger charge is -2.28. The molecule has 1 aliphatic heterocycles. The smallest absolute Gasteiger partial charge is 0.240 e. The highest BCUT2D eigenvalue weighted by Gasteiger charge is 2.41. The second-order valence-corrected chi connectivity index (χ2v) is 12.0. The van der Waals surface area contributed by atoms with Gasteiger partial charge in [-0.25, -0.2) is 4.68 Å². The molecule has 2 aromatic heterocycles. The molecule has 8 heteroatoms. The summed E-state index contributed by atoms with van der Waals surface area (Å²) < 4.78 is 1.96. The van der Waals surface area contributed by atoms with Crippen molar-refractivity contribution in [2.24, 2.45) is 0 Å². The van der Waals surface area contributed by atoms with Crippen LogP contribution < -0.4 is 10.2 Å². The van der Waals surface area contributed by atoms with Crippen LogP contribution in [0.25, 0.3) is 0 Å². The van der Waals surface area contributed by atoms with Crippen LogP contribution in [0.3, 0.4) is 0 Å². The predicted octanol–water partition coefficient (Wildman–Crippen LogP) is 4.69. The van der Waals surface area contributed by atoms with Crippen molar-refractivity contribution in [2.45, 2.75) is 71.1 Å². The molecule has 2 amide bonds. The zero-order valence-corrected chi connectivity index (χ0v) is 21.2. The molecule has 0 aromatic carbocycles. The number of hydrogen-bond donors (Lipinski definition) is 1. The van der Waals surface area contributed by atoms with Crippen LogP contribution in [0.5, 0.6) is 0 Å². The van der Waals surface area contributed by atoms with E-state index in [9.17, 15) is 9.59 Å². The van der Waals surface area contributed by atoms with Gasteiger partial charge in [-0.05, 0) is 38.6 Å². The minimum atomic E-state index is -0.346. The first-order valence-electron chi connectivity index (χ1n) is 10.8. The van der Waals surface area contributed by atoms with Gasteiger partial charge in [0.2, 0.25) is 11.8 Å². The predicted molar refractivity (Wildman–Crippen MR) is 130 cm³/mol. The van der Waals surface area contributed by atoms with E-state index in [0.29, 0.717) is 12.3 Å². The standard InChI is InChI=1S/C23H34N4O2S2/c1-8-11-24-16(28)13-26-17(29)14-31-19(15-10-9-12-30-15)18-20(22(2,3)4)25-27(21(18)26)23(5,6)7/h9-10,12,19H,8,11,13-14H2,1-7H3,(H,24,28). The summed E-state index contributed by atoms with van der Waals surface area (Å²) in [5.74, 6) is 0.895. The molecular formula is C23H34N4O2S2. The van der Waals surface area contributed by atoms with Gasteiger partial charge in [0.05, 0.1) is 22.2 Å². The zero-order chi connectivity index (χ0) is 23.0. The van der Waals surface area contributed by atoms with Crippen LogP contribution in [-0.2, 0) is 20.5 Å². The molecule has 170 valence electrons. The molecule has 1 atom stereocenters. The molecule has 3 heterocycles. The van der Waals surface area contributed by atoms with E-state index >= 15 is 0 Å². The maximum atomic E-state index is 13.3. The fraction of sp³-hybridized carbons (Fsp3) is 0.609. The van der Waals surface area contributed by atoms with Gasteiger partial charge >= 0.3 is 0 Å². The van der Waals surface area contributed by atoms with Crippen molar-refractivity contribution in [3.05, 3.63) is 33.6 Å². The Morgan fingerprint density at radius 2 is 1.97 bits per heavy atom. The van der Waals surface area contributed by atoms with Gasteiger partial charge < -0.3 is 5.32 Å². The van der Waals surface area contributed by atoms with Crippen molar-refractivity contribution >= 4 is 40.7 Å². The molecule has 6 nitrogen and oxygen atoms in total. The number of anilines is 1. The first-order chi connectivity index (χ1) is 14.4. The third kappa shape index (κ3) is 5.00. The normalized spacial score (nSPS) is 17.5. The summed E-state index contributed by atoms with van der Waals surface area (Å²) in [5, 5.41) is 10.1. The summed E-state index contributed by atoms with van der Waals surface area (Å²) in [6.45, 7) is 15.4. The number of rotatable bonds is 5. The number of hydrogen-bond acceptors (Lipinski definition) is 5. The van der Waals surface area contributed by atoms with Crippen molar-refractivity contribution in [2.75, 3.05) is 23.7 Å². The van der Waals surface area contributed by atoms with Gasteiger partial charge in [0.25, 0.3) is 0 Å². The Balaban J connectivity index is 2.25. The largest absolute Gasteiger partial charge is 0.355 e. The summed E-state index contributed by atoms with van der Waals surface area (Å²) in [6, 6.07) is 4.18. The lowest BCUT2D eigenvalue weighted by atomic mass is 9.88. The van der Waals surface area contributed by atoms with Gasteiger partial charge in [0.1, 0.15) is 12.4 Å². The third-order valence-electron chi connectivity index (χ3n) is 5.11. The number of carbonyl (C=O) groups excluding carboxylic acids is 2. The molecule has 2 aromatic rings. The molecule has 0 bridgehead atoms. The molecule has 0 aliphatic carbocycles. The van der Waals surface area contributed by atoms with E-state index in [1.54, 1.807) is 28.0 Å². The molecule has 0 saturated heterocycles. The number of nitrogens with zero attached hydrogens (tertiary/aromatic N) is 3. The van der Waals surface area contributed by atoms with Crippen molar-refractivity contribution in [3.63, 3.8) is 0 Å².